The molecule has 1 aromatic rings. The maximum atomic E-state index is 10.1. The van der Waals surface area contributed by atoms with Gasteiger partial charge in [0, 0.05) is 18.0 Å². The van der Waals surface area contributed by atoms with Gasteiger partial charge in [0.15, 0.2) is 6.29 Å². The minimum Gasteiger partial charge on any atom is -0.467 e. The number of aldehydes is 1. The van der Waals surface area contributed by atoms with Crippen LogP contribution < -0.4 is 4.74 Å². The van der Waals surface area contributed by atoms with Crippen LogP contribution >= 0.6 is 0 Å². The lowest BCUT2D eigenvalue weighted by Crippen LogP contribution is -2.00. The second-order valence-corrected chi connectivity index (χ2v) is 2.08. The van der Waals surface area contributed by atoms with E-state index in [1.807, 2.05) is 0 Å². The van der Waals surface area contributed by atoms with Gasteiger partial charge < -0.3 is 14.6 Å². The molecule has 1 aromatic heterocycles. The van der Waals surface area contributed by atoms with Crippen molar-refractivity contribution >= 4 is 6.29 Å². The van der Waals surface area contributed by atoms with Crippen LogP contribution in [-0.4, -0.2) is 28.5 Å². The van der Waals surface area contributed by atoms with Crippen molar-refractivity contribution in [3.05, 3.63) is 18.0 Å². The highest BCUT2D eigenvalue weighted by atomic mass is 16.5. The van der Waals surface area contributed by atoms with Crippen molar-refractivity contribution in [3.8, 4) is 6.01 Å². The molecule has 0 aromatic carbocycles. The predicted octanol–water partition coefficient (Wildman–Crippen LogP) is -0.283. The predicted molar refractivity (Wildman–Crippen MR) is 39.6 cm³/mol. The van der Waals surface area contributed by atoms with Crippen LogP contribution in [0.15, 0.2) is 12.4 Å². The zero-order valence-corrected chi connectivity index (χ0v) is 6.47. The van der Waals surface area contributed by atoms with E-state index in [1.54, 1.807) is 0 Å². The Bertz CT molecular complexity index is 260. The van der Waals surface area contributed by atoms with E-state index < -0.39 is 6.10 Å². The number of carbonyl (C=O) groups excluding carboxylic acids is 1. The minimum atomic E-state index is -1.16. The van der Waals surface area contributed by atoms with Gasteiger partial charge in [-0.25, -0.2) is 9.97 Å². The van der Waals surface area contributed by atoms with Gasteiger partial charge in [-0.1, -0.05) is 0 Å². The SMILES string of the molecule is COc1ncc(C(O)C=O)cn1. The molecule has 0 aliphatic heterocycles. The van der Waals surface area contributed by atoms with Crippen LogP contribution in [0, 0.1) is 0 Å². The lowest BCUT2D eigenvalue weighted by Gasteiger charge is -2.01. The topological polar surface area (TPSA) is 72.3 Å². The quantitative estimate of drug-likeness (QED) is 0.628. The van der Waals surface area contributed by atoms with Crippen molar-refractivity contribution < 1.29 is 14.6 Å². The van der Waals surface area contributed by atoms with E-state index in [2.05, 4.69) is 9.97 Å². The van der Waals surface area contributed by atoms with Crippen LogP contribution in [0.4, 0.5) is 0 Å². The van der Waals surface area contributed by atoms with Crippen molar-refractivity contribution in [2.75, 3.05) is 7.11 Å². The molecule has 0 saturated carbocycles. The Labute approximate surface area is 69.0 Å². The first-order valence-electron chi connectivity index (χ1n) is 3.27. The monoisotopic (exact) mass is 168 g/mol. The van der Waals surface area contributed by atoms with E-state index in [-0.39, 0.29) is 6.01 Å². The number of methoxy groups -OCH3 is 1. The second-order valence-electron chi connectivity index (χ2n) is 2.08. The summed E-state index contributed by atoms with van der Waals surface area (Å²) < 4.78 is 4.69. The molecule has 1 unspecified atom stereocenters. The first-order valence-corrected chi connectivity index (χ1v) is 3.27. The van der Waals surface area contributed by atoms with Crippen molar-refractivity contribution in [3.63, 3.8) is 0 Å². The lowest BCUT2D eigenvalue weighted by molar-refractivity contribution is -0.115. The van der Waals surface area contributed by atoms with Gasteiger partial charge in [0.1, 0.15) is 6.10 Å². The highest BCUT2D eigenvalue weighted by Crippen LogP contribution is 2.08. The normalized spacial score (nSPS) is 12.2. The number of aromatic nitrogens is 2. The fourth-order valence-corrected chi connectivity index (χ4v) is 0.663. The number of rotatable bonds is 3. The summed E-state index contributed by atoms with van der Waals surface area (Å²) in [4.78, 5) is 17.6. The van der Waals surface area contributed by atoms with Crippen LogP contribution in [0.3, 0.4) is 0 Å². The summed E-state index contributed by atoms with van der Waals surface area (Å²) in [5.74, 6) is 0. The van der Waals surface area contributed by atoms with Gasteiger partial charge in [-0.05, 0) is 0 Å². The van der Waals surface area contributed by atoms with E-state index in [4.69, 9.17) is 9.84 Å². The molecule has 1 atom stereocenters. The van der Waals surface area contributed by atoms with Crippen molar-refractivity contribution in [1.29, 1.82) is 0 Å². The van der Waals surface area contributed by atoms with E-state index >= 15 is 0 Å². The maximum absolute atomic E-state index is 10.1. The average Bonchev–Trinajstić information content (AvgIpc) is 2.17. The molecule has 0 spiro atoms. The Kier molecular flexibility index (Phi) is 2.71. The molecule has 0 aliphatic carbocycles. The highest BCUT2D eigenvalue weighted by Gasteiger charge is 2.06. The summed E-state index contributed by atoms with van der Waals surface area (Å²) in [7, 11) is 1.44. The summed E-state index contributed by atoms with van der Waals surface area (Å²) in [5, 5.41) is 9.00. The molecule has 0 aliphatic rings. The average molecular weight is 168 g/mol. The fourth-order valence-electron chi connectivity index (χ4n) is 0.663. The Balaban J connectivity index is 2.84. The molecule has 5 nitrogen and oxygen atoms in total. The van der Waals surface area contributed by atoms with Gasteiger partial charge in [0.05, 0.1) is 7.11 Å². The molecule has 0 radical (unpaired) electrons. The summed E-state index contributed by atoms with van der Waals surface area (Å²) in [5.41, 5.74) is 0.353. The van der Waals surface area contributed by atoms with Crippen molar-refractivity contribution in [1.82, 2.24) is 9.97 Å². The van der Waals surface area contributed by atoms with Gasteiger partial charge >= 0.3 is 6.01 Å². The largest absolute Gasteiger partial charge is 0.467 e. The third-order valence-electron chi connectivity index (χ3n) is 1.30. The number of aliphatic hydroxyl groups excluding tert-OH is 1. The number of carbonyl (C=O) groups is 1. The second kappa shape index (κ2) is 3.77. The zero-order chi connectivity index (χ0) is 8.97. The number of hydrogen-bond acceptors (Lipinski definition) is 5. The molecule has 64 valence electrons. The molecular formula is C7H8N2O3. The smallest absolute Gasteiger partial charge is 0.316 e. The third kappa shape index (κ3) is 1.76. The van der Waals surface area contributed by atoms with Gasteiger partial charge in [-0.2, -0.15) is 0 Å². The summed E-state index contributed by atoms with van der Waals surface area (Å²) >= 11 is 0. The van der Waals surface area contributed by atoms with Gasteiger partial charge in [0.2, 0.25) is 0 Å². The van der Waals surface area contributed by atoms with E-state index in [1.165, 1.54) is 19.5 Å². The third-order valence-corrected chi connectivity index (χ3v) is 1.30. The zero-order valence-electron chi connectivity index (χ0n) is 6.47. The number of hydrogen-bond donors (Lipinski definition) is 1. The van der Waals surface area contributed by atoms with Crippen LogP contribution in [0.5, 0.6) is 6.01 Å². The molecule has 5 heteroatoms. The lowest BCUT2D eigenvalue weighted by atomic mass is 10.2. The molecular weight excluding hydrogens is 160 g/mol. The van der Waals surface area contributed by atoms with Crippen LogP contribution in [-0.2, 0) is 4.79 Å². The Morgan fingerprint density at radius 3 is 2.58 bits per heavy atom. The van der Waals surface area contributed by atoms with E-state index in [9.17, 15) is 4.79 Å². The molecule has 0 amide bonds. The van der Waals surface area contributed by atoms with E-state index in [0.29, 0.717) is 11.8 Å². The number of ether oxygens (including phenoxy) is 1. The van der Waals surface area contributed by atoms with Gasteiger partial charge in [-0.15, -0.1) is 0 Å². The molecule has 1 N–H and O–H groups in total. The van der Waals surface area contributed by atoms with Crippen molar-refractivity contribution in [2.24, 2.45) is 0 Å². The van der Waals surface area contributed by atoms with Crippen molar-refractivity contribution in [2.45, 2.75) is 6.10 Å². The Morgan fingerprint density at radius 1 is 1.58 bits per heavy atom. The summed E-state index contributed by atoms with van der Waals surface area (Å²) in [6.07, 6.45) is 1.93. The summed E-state index contributed by atoms with van der Waals surface area (Å²) in [6, 6.07) is 0.205. The maximum Gasteiger partial charge on any atom is 0.316 e. The van der Waals surface area contributed by atoms with Gasteiger partial charge in [-0.3, -0.25) is 0 Å². The Morgan fingerprint density at radius 2 is 2.17 bits per heavy atom. The summed E-state index contributed by atoms with van der Waals surface area (Å²) in [6.45, 7) is 0. The molecule has 1 heterocycles. The van der Waals surface area contributed by atoms with E-state index in [0.717, 1.165) is 0 Å². The minimum absolute atomic E-state index is 0.205. The van der Waals surface area contributed by atoms with Gasteiger partial charge in [0.25, 0.3) is 0 Å². The highest BCUT2D eigenvalue weighted by molar-refractivity contribution is 5.58. The standard InChI is InChI=1S/C7H8N2O3/c1-12-7-8-2-5(3-9-7)6(11)4-10/h2-4,6,11H,1H3. The van der Waals surface area contributed by atoms with Crippen LogP contribution in [0.1, 0.15) is 11.7 Å². The van der Waals surface area contributed by atoms with Crippen LogP contribution in [0.2, 0.25) is 0 Å². The first kappa shape index (κ1) is 8.61. The number of aliphatic hydroxyl groups is 1. The molecule has 0 bridgehead atoms. The first-order chi connectivity index (χ1) is 5.77. The fraction of sp³-hybridized carbons (Fsp3) is 0.286. The molecule has 12 heavy (non-hydrogen) atoms. The number of nitrogens with zero attached hydrogens (tertiary/aromatic N) is 2. The molecule has 0 saturated heterocycles. The van der Waals surface area contributed by atoms with Crippen LogP contribution in [0.25, 0.3) is 0 Å². The molecule has 0 fully saturated rings. The Hall–Kier alpha value is -1.49. The molecule has 1 rings (SSSR count).